The Bertz CT molecular complexity index is 1940. The van der Waals surface area contributed by atoms with E-state index in [1.807, 2.05) is 42.5 Å². The molecule has 43 heavy (non-hydrogen) atoms. The van der Waals surface area contributed by atoms with Crippen molar-refractivity contribution in [1.29, 1.82) is 0 Å². The molecule has 0 spiro atoms. The Kier molecular flexibility index (Phi) is 9.12. The number of nitrogens with zero attached hydrogens (tertiary/aromatic N) is 2. The second kappa shape index (κ2) is 13.0. The monoisotopic (exact) mass is 664 g/mol. The number of carbonyl (C=O) groups is 2. The third-order valence-electron chi connectivity index (χ3n) is 6.87. The topological polar surface area (TPSA) is 105 Å². The van der Waals surface area contributed by atoms with Crippen LogP contribution >= 0.6 is 27.3 Å². The molecule has 0 bridgehead atoms. The van der Waals surface area contributed by atoms with E-state index in [4.69, 9.17) is 18.9 Å². The van der Waals surface area contributed by atoms with Gasteiger partial charge in [0.15, 0.2) is 11.4 Å². The van der Waals surface area contributed by atoms with Crippen LogP contribution in [0.1, 0.15) is 37.9 Å². The van der Waals surface area contributed by atoms with E-state index in [0.717, 1.165) is 10.8 Å². The molecule has 0 saturated heterocycles. The van der Waals surface area contributed by atoms with Crippen molar-refractivity contribution in [1.82, 2.24) is 4.57 Å². The molecule has 0 fully saturated rings. The molecule has 1 aromatic heterocycles. The van der Waals surface area contributed by atoms with Gasteiger partial charge in [0.05, 0.1) is 46.6 Å². The summed E-state index contributed by atoms with van der Waals surface area (Å²) in [5, 5.41) is 1.78. The van der Waals surface area contributed by atoms with Crippen molar-refractivity contribution in [3.05, 3.63) is 101 Å². The summed E-state index contributed by atoms with van der Waals surface area (Å²) in [6, 6.07) is 16.0. The first kappa shape index (κ1) is 30.2. The van der Waals surface area contributed by atoms with Gasteiger partial charge in [-0.25, -0.2) is 14.6 Å². The number of thiazole rings is 1. The van der Waals surface area contributed by atoms with Crippen LogP contribution < -0.4 is 24.4 Å². The lowest BCUT2D eigenvalue weighted by Gasteiger charge is -2.25. The van der Waals surface area contributed by atoms with E-state index >= 15 is 0 Å². The number of fused-ring (bicyclic) bond motifs is 2. The van der Waals surface area contributed by atoms with Crippen LogP contribution in [-0.4, -0.2) is 43.4 Å². The van der Waals surface area contributed by atoms with Gasteiger partial charge in [-0.1, -0.05) is 47.7 Å². The molecular formula is C32H29BrN2O7S. The molecule has 0 aliphatic carbocycles. The predicted molar refractivity (Wildman–Crippen MR) is 167 cm³/mol. The number of methoxy groups -OCH3 is 1. The summed E-state index contributed by atoms with van der Waals surface area (Å²) in [5.74, 6) is 0.00439. The van der Waals surface area contributed by atoms with Crippen molar-refractivity contribution in [2.75, 3.05) is 26.9 Å². The van der Waals surface area contributed by atoms with Crippen molar-refractivity contribution >= 4 is 56.1 Å². The van der Waals surface area contributed by atoms with E-state index in [2.05, 4.69) is 20.9 Å². The molecule has 4 aromatic rings. The Balaban J connectivity index is 1.72. The van der Waals surface area contributed by atoms with Crippen LogP contribution in [0.2, 0.25) is 0 Å². The van der Waals surface area contributed by atoms with Crippen LogP contribution in [0.25, 0.3) is 16.8 Å². The van der Waals surface area contributed by atoms with Crippen LogP contribution in [0, 0.1) is 0 Å². The summed E-state index contributed by atoms with van der Waals surface area (Å²) in [6.07, 6.45) is 1.75. The van der Waals surface area contributed by atoms with Gasteiger partial charge < -0.3 is 18.9 Å². The molecule has 0 N–H and O–H groups in total. The SMILES string of the molecule is CCOC(=O)COc1ccc2ccccc2c1/C=c1\sc2n(c1=O)[C@@H](c1ccc(OC)c(Br)c1)C(C(=O)OCC)=C(C)N=2. The first-order chi connectivity index (χ1) is 20.8. The second-order valence-corrected chi connectivity index (χ2v) is 11.4. The van der Waals surface area contributed by atoms with E-state index in [-0.39, 0.29) is 31.0 Å². The maximum absolute atomic E-state index is 14.2. The number of hydrogen-bond donors (Lipinski definition) is 0. The van der Waals surface area contributed by atoms with Gasteiger partial charge >= 0.3 is 11.9 Å². The highest BCUT2D eigenvalue weighted by Crippen LogP contribution is 2.35. The van der Waals surface area contributed by atoms with Crippen molar-refractivity contribution in [2.24, 2.45) is 4.99 Å². The largest absolute Gasteiger partial charge is 0.496 e. The Morgan fingerprint density at radius 2 is 1.79 bits per heavy atom. The molecule has 2 heterocycles. The molecule has 222 valence electrons. The number of carbonyl (C=O) groups excluding carboxylic acids is 2. The number of esters is 2. The highest BCUT2D eigenvalue weighted by Gasteiger charge is 2.33. The molecule has 11 heteroatoms. The predicted octanol–water partition coefficient (Wildman–Crippen LogP) is 4.66. The van der Waals surface area contributed by atoms with Gasteiger partial charge in [-0.15, -0.1) is 0 Å². The number of rotatable bonds is 9. The second-order valence-electron chi connectivity index (χ2n) is 9.49. The smallest absolute Gasteiger partial charge is 0.344 e. The van der Waals surface area contributed by atoms with Crippen LogP contribution in [0.3, 0.4) is 0 Å². The molecule has 9 nitrogen and oxygen atoms in total. The molecule has 5 rings (SSSR count). The van der Waals surface area contributed by atoms with Gasteiger partial charge in [-0.05, 0) is 77.3 Å². The third-order valence-corrected chi connectivity index (χ3v) is 8.47. The van der Waals surface area contributed by atoms with Crippen LogP contribution in [0.5, 0.6) is 11.5 Å². The van der Waals surface area contributed by atoms with Gasteiger partial charge in [0.25, 0.3) is 5.56 Å². The number of aromatic nitrogens is 1. The Morgan fingerprint density at radius 3 is 2.51 bits per heavy atom. The van der Waals surface area contributed by atoms with E-state index < -0.39 is 18.0 Å². The van der Waals surface area contributed by atoms with Crippen molar-refractivity contribution < 1.29 is 28.5 Å². The van der Waals surface area contributed by atoms with Crippen molar-refractivity contribution in [2.45, 2.75) is 26.8 Å². The first-order valence-corrected chi connectivity index (χ1v) is 15.2. The van der Waals surface area contributed by atoms with Crippen LogP contribution in [0.4, 0.5) is 0 Å². The zero-order valence-corrected chi connectivity index (χ0v) is 26.4. The number of ether oxygens (including phenoxy) is 4. The first-order valence-electron chi connectivity index (χ1n) is 13.6. The summed E-state index contributed by atoms with van der Waals surface area (Å²) in [4.78, 5) is 44.6. The standard InChI is InChI=1S/C32H29BrN2O7S/c1-5-40-27(36)17-42-24-13-11-19-9-7-8-10-21(19)22(24)16-26-30(37)35-29(20-12-14-25(39-4)23(33)15-20)28(31(38)41-6-2)18(3)34-32(35)43-26/h7-16,29H,5-6,17H2,1-4H3/b26-16-/t29-/m0/s1. The summed E-state index contributed by atoms with van der Waals surface area (Å²) in [6.45, 7) is 5.34. The molecule has 1 atom stereocenters. The fourth-order valence-electron chi connectivity index (χ4n) is 4.98. The lowest BCUT2D eigenvalue weighted by molar-refractivity contribution is -0.145. The van der Waals surface area contributed by atoms with Gasteiger partial charge in [0.2, 0.25) is 0 Å². The molecule has 0 amide bonds. The highest BCUT2D eigenvalue weighted by atomic mass is 79.9. The van der Waals surface area contributed by atoms with Crippen LogP contribution in [-0.2, 0) is 19.1 Å². The fraction of sp³-hybridized carbons (Fsp3) is 0.250. The maximum Gasteiger partial charge on any atom is 0.344 e. The molecule has 0 radical (unpaired) electrons. The van der Waals surface area contributed by atoms with Gasteiger partial charge in [-0.3, -0.25) is 9.36 Å². The summed E-state index contributed by atoms with van der Waals surface area (Å²) >= 11 is 4.74. The number of hydrogen-bond acceptors (Lipinski definition) is 9. The zero-order valence-electron chi connectivity index (χ0n) is 24.0. The minimum atomic E-state index is -0.785. The molecule has 3 aromatic carbocycles. The van der Waals surface area contributed by atoms with E-state index in [1.165, 1.54) is 15.9 Å². The average Bonchev–Trinajstić information content (AvgIpc) is 3.30. The Labute approximate surface area is 259 Å². The number of allylic oxidation sites excluding steroid dienone is 1. The normalized spacial score (nSPS) is 14.7. The molecule has 1 aliphatic heterocycles. The fourth-order valence-corrected chi connectivity index (χ4v) is 6.57. The van der Waals surface area contributed by atoms with Gasteiger partial charge in [0.1, 0.15) is 11.5 Å². The Hall–Kier alpha value is -4.22. The molecule has 0 saturated carbocycles. The summed E-state index contributed by atoms with van der Waals surface area (Å²) in [7, 11) is 1.56. The molecule has 0 unspecified atom stereocenters. The van der Waals surface area contributed by atoms with Crippen LogP contribution in [0.15, 0.2) is 80.1 Å². The van der Waals surface area contributed by atoms with Gasteiger partial charge in [-0.2, -0.15) is 0 Å². The third kappa shape index (κ3) is 6.00. The van der Waals surface area contributed by atoms with E-state index in [0.29, 0.717) is 42.1 Å². The number of halogens is 1. The van der Waals surface area contributed by atoms with E-state index in [1.54, 1.807) is 46.1 Å². The minimum absolute atomic E-state index is 0.175. The lowest BCUT2D eigenvalue weighted by atomic mass is 9.96. The van der Waals surface area contributed by atoms with Crippen molar-refractivity contribution in [3.63, 3.8) is 0 Å². The summed E-state index contributed by atoms with van der Waals surface area (Å²) < 4.78 is 24.3. The molecular weight excluding hydrogens is 636 g/mol. The number of benzene rings is 3. The van der Waals surface area contributed by atoms with Gasteiger partial charge in [0, 0.05) is 5.56 Å². The minimum Gasteiger partial charge on any atom is -0.496 e. The zero-order chi connectivity index (χ0) is 30.7. The lowest BCUT2D eigenvalue weighted by Crippen LogP contribution is -2.40. The highest BCUT2D eigenvalue weighted by molar-refractivity contribution is 9.10. The maximum atomic E-state index is 14.2. The van der Waals surface area contributed by atoms with Crippen molar-refractivity contribution in [3.8, 4) is 11.5 Å². The quantitative estimate of drug-likeness (QED) is 0.240. The Morgan fingerprint density at radius 1 is 1.05 bits per heavy atom. The summed E-state index contributed by atoms with van der Waals surface area (Å²) in [5.41, 5.74) is 1.73. The van der Waals surface area contributed by atoms with E-state index in [9.17, 15) is 14.4 Å². The average molecular weight is 666 g/mol. The molecule has 1 aliphatic rings.